The van der Waals surface area contributed by atoms with Crippen molar-refractivity contribution in [1.82, 2.24) is 14.7 Å². The highest BCUT2D eigenvalue weighted by Gasteiger charge is 2.18. The number of aromatic nitrogens is 2. The van der Waals surface area contributed by atoms with Crippen LogP contribution < -0.4 is 5.32 Å². The molecule has 2 amide bonds. The van der Waals surface area contributed by atoms with Crippen molar-refractivity contribution in [2.75, 3.05) is 11.9 Å². The maximum absolute atomic E-state index is 13.1. The lowest BCUT2D eigenvalue weighted by Crippen LogP contribution is -2.36. The molecule has 2 heterocycles. The van der Waals surface area contributed by atoms with Crippen LogP contribution in [0.1, 0.15) is 22.7 Å². The second-order valence-electron chi connectivity index (χ2n) is 7.85. The predicted molar refractivity (Wildman–Crippen MR) is 131 cm³/mol. The Labute approximate surface area is 198 Å². The maximum Gasteiger partial charge on any atom is 0.247 e. The molecule has 0 spiro atoms. The van der Waals surface area contributed by atoms with Crippen molar-refractivity contribution in [3.63, 3.8) is 0 Å². The first-order chi connectivity index (χ1) is 16.5. The highest BCUT2D eigenvalue weighted by atomic mass is 16.3. The van der Waals surface area contributed by atoms with Crippen LogP contribution in [0.15, 0.2) is 89.6 Å². The summed E-state index contributed by atoms with van der Waals surface area (Å²) in [6.45, 7) is 3.94. The van der Waals surface area contributed by atoms with Crippen LogP contribution >= 0.6 is 0 Å². The van der Waals surface area contributed by atoms with Gasteiger partial charge < -0.3 is 14.6 Å². The lowest BCUT2D eigenvalue weighted by molar-refractivity contribution is -0.131. The zero-order valence-corrected chi connectivity index (χ0v) is 19.1. The fourth-order valence-electron chi connectivity index (χ4n) is 3.67. The molecule has 172 valence electrons. The minimum absolute atomic E-state index is 0.111. The average Bonchev–Trinajstić information content (AvgIpc) is 3.46. The molecule has 0 aliphatic carbocycles. The summed E-state index contributed by atoms with van der Waals surface area (Å²) in [5.74, 6) is 0.00755. The van der Waals surface area contributed by atoms with Crippen molar-refractivity contribution in [2.24, 2.45) is 0 Å². The van der Waals surface area contributed by atoms with E-state index in [1.54, 1.807) is 36.6 Å². The summed E-state index contributed by atoms with van der Waals surface area (Å²) in [6.07, 6.45) is 4.78. The normalized spacial score (nSPS) is 11.0. The molecule has 7 heteroatoms. The van der Waals surface area contributed by atoms with Crippen LogP contribution in [0.2, 0.25) is 0 Å². The molecule has 0 unspecified atom stereocenters. The molecule has 0 aliphatic rings. The number of hydrogen-bond acceptors (Lipinski definition) is 4. The molecule has 0 atom stereocenters. The van der Waals surface area contributed by atoms with Gasteiger partial charge in [0.25, 0.3) is 0 Å². The number of para-hydroxylation sites is 2. The lowest BCUT2D eigenvalue weighted by atomic mass is 10.1. The SMILES string of the molecule is Cc1nn(-c2ccccc2)c(C)c1/C=C/C(=O)N(CC(=O)Nc1ccccc1)Cc1ccco1. The summed E-state index contributed by atoms with van der Waals surface area (Å²) in [4.78, 5) is 27.2. The number of nitrogens with zero attached hydrogens (tertiary/aromatic N) is 3. The van der Waals surface area contributed by atoms with Crippen LogP contribution in [0.5, 0.6) is 0 Å². The molecular formula is C27H26N4O3. The number of nitrogens with one attached hydrogen (secondary N) is 1. The van der Waals surface area contributed by atoms with Crippen molar-refractivity contribution in [3.8, 4) is 5.69 Å². The van der Waals surface area contributed by atoms with Gasteiger partial charge in [0.05, 0.1) is 24.2 Å². The largest absolute Gasteiger partial charge is 0.467 e. The molecule has 2 aromatic heterocycles. The maximum atomic E-state index is 13.1. The van der Waals surface area contributed by atoms with Crippen LogP contribution in [0.25, 0.3) is 11.8 Å². The molecule has 4 aromatic rings. The molecule has 34 heavy (non-hydrogen) atoms. The number of carbonyl (C=O) groups excluding carboxylic acids is 2. The summed E-state index contributed by atoms with van der Waals surface area (Å²) in [7, 11) is 0. The third-order valence-corrected chi connectivity index (χ3v) is 5.37. The van der Waals surface area contributed by atoms with Crippen LogP contribution in [-0.2, 0) is 16.1 Å². The Morgan fingerprint density at radius 1 is 1.00 bits per heavy atom. The van der Waals surface area contributed by atoms with Gasteiger partial charge in [0.1, 0.15) is 12.3 Å². The molecule has 0 bridgehead atoms. The number of benzene rings is 2. The average molecular weight is 455 g/mol. The number of rotatable bonds is 8. The third-order valence-electron chi connectivity index (χ3n) is 5.37. The number of amides is 2. The van der Waals surface area contributed by atoms with Crippen molar-refractivity contribution in [3.05, 3.63) is 108 Å². The Balaban J connectivity index is 1.52. The van der Waals surface area contributed by atoms with Crippen molar-refractivity contribution >= 4 is 23.6 Å². The van der Waals surface area contributed by atoms with Gasteiger partial charge in [0.2, 0.25) is 11.8 Å². The highest BCUT2D eigenvalue weighted by Crippen LogP contribution is 2.19. The Morgan fingerprint density at radius 3 is 2.38 bits per heavy atom. The van der Waals surface area contributed by atoms with Gasteiger partial charge in [-0.1, -0.05) is 36.4 Å². The third kappa shape index (κ3) is 5.50. The van der Waals surface area contributed by atoms with E-state index in [1.165, 1.54) is 11.0 Å². The molecule has 0 fully saturated rings. The van der Waals surface area contributed by atoms with E-state index in [2.05, 4.69) is 10.4 Å². The van der Waals surface area contributed by atoms with Gasteiger partial charge in [-0.25, -0.2) is 4.68 Å². The van der Waals surface area contributed by atoms with E-state index in [1.807, 2.05) is 67.1 Å². The molecular weight excluding hydrogens is 428 g/mol. The number of aryl methyl sites for hydroxylation is 1. The van der Waals surface area contributed by atoms with E-state index in [-0.39, 0.29) is 24.9 Å². The van der Waals surface area contributed by atoms with E-state index in [9.17, 15) is 9.59 Å². The fraction of sp³-hybridized carbons (Fsp3) is 0.148. The summed E-state index contributed by atoms with van der Waals surface area (Å²) >= 11 is 0. The number of hydrogen-bond donors (Lipinski definition) is 1. The standard InChI is InChI=1S/C27H26N4O3/c1-20-25(21(2)31(29-20)23-12-7-4-8-13-23)15-16-27(33)30(18-24-14-9-17-34-24)19-26(32)28-22-10-5-3-6-11-22/h3-17H,18-19H2,1-2H3,(H,28,32)/b16-15+. The molecule has 0 aliphatic heterocycles. The van der Waals surface area contributed by atoms with E-state index in [0.717, 1.165) is 22.6 Å². The summed E-state index contributed by atoms with van der Waals surface area (Å²) in [6, 6.07) is 22.5. The van der Waals surface area contributed by atoms with E-state index in [0.29, 0.717) is 11.4 Å². The second kappa shape index (κ2) is 10.5. The first-order valence-corrected chi connectivity index (χ1v) is 11.0. The molecule has 2 aromatic carbocycles. The quantitative estimate of drug-likeness (QED) is 0.389. The Morgan fingerprint density at radius 2 is 1.71 bits per heavy atom. The Kier molecular flexibility index (Phi) is 7.03. The van der Waals surface area contributed by atoms with Crippen LogP contribution in [0.4, 0.5) is 5.69 Å². The number of furan rings is 1. The second-order valence-corrected chi connectivity index (χ2v) is 7.85. The number of carbonyl (C=O) groups is 2. The van der Waals surface area contributed by atoms with Gasteiger partial charge in [-0.2, -0.15) is 5.10 Å². The first kappa shape index (κ1) is 22.8. The van der Waals surface area contributed by atoms with Gasteiger partial charge in [-0.3, -0.25) is 9.59 Å². The van der Waals surface area contributed by atoms with Crippen LogP contribution in [0, 0.1) is 13.8 Å². The first-order valence-electron chi connectivity index (χ1n) is 11.0. The van der Waals surface area contributed by atoms with Gasteiger partial charge in [-0.05, 0) is 56.3 Å². The van der Waals surface area contributed by atoms with E-state index >= 15 is 0 Å². The predicted octanol–water partition coefficient (Wildman–Crippen LogP) is 4.76. The molecule has 0 radical (unpaired) electrons. The van der Waals surface area contributed by atoms with Crippen LogP contribution in [-0.4, -0.2) is 33.0 Å². The molecule has 7 nitrogen and oxygen atoms in total. The summed E-state index contributed by atoms with van der Waals surface area (Å²) < 4.78 is 7.26. The Hall–Kier alpha value is -4.39. The smallest absolute Gasteiger partial charge is 0.247 e. The van der Waals surface area contributed by atoms with Gasteiger partial charge in [0, 0.05) is 23.0 Å². The fourth-order valence-corrected chi connectivity index (χ4v) is 3.67. The molecule has 0 saturated heterocycles. The van der Waals surface area contributed by atoms with Crippen LogP contribution in [0.3, 0.4) is 0 Å². The summed E-state index contributed by atoms with van der Waals surface area (Å²) in [5, 5.41) is 7.44. The highest BCUT2D eigenvalue weighted by molar-refractivity contribution is 5.98. The molecule has 4 rings (SSSR count). The zero-order chi connectivity index (χ0) is 23.9. The monoisotopic (exact) mass is 454 g/mol. The van der Waals surface area contributed by atoms with E-state index < -0.39 is 0 Å². The zero-order valence-electron chi connectivity index (χ0n) is 19.1. The van der Waals surface area contributed by atoms with Gasteiger partial charge in [-0.15, -0.1) is 0 Å². The molecule has 0 saturated carbocycles. The number of anilines is 1. The van der Waals surface area contributed by atoms with Crippen molar-refractivity contribution < 1.29 is 14.0 Å². The Bertz CT molecular complexity index is 1280. The topological polar surface area (TPSA) is 80.4 Å². The minimum atomic E-state index is -0.300. The molecule has 1 N–H and O–H groups in total. The summed E-state index contributed by atoms with van der Waals surface area (Å²) in [5.41, 5.74) is 4.22. The minimum Gasteiger partial charge on any atom is -0.467 e. The van der Waals surface area contributed by atoms with Crippen molar-refractivity contribution in [2.45, 2.75) is 20.4 Å². The van der Waals surface area contributed by atoms with Gasteiger partial charge >= 0.3 is 0 Å². The van der Waals surface area contributed by atoms with Crippen molar-refractivity contribution in [1.29, 1.82) is 0 Å². The van der Waals surface area contributed by atoms with E-state index in [4.69, 9.17) is 4.42 Å². The lowest BCUT2D eigenvalue weighted by Gasteiger charge is -2.19. The van der Waals surface area contributed by atoms with Gasteiger partial charge in [0.15, 0.2) is 0 Å².